The number of aromatic nitrogens is 3. The van der Waals surface area contributed by atoms with Crippen LogP contribution in [-0.4, -0.2) is 45.2 Å². The fourth-order valence-corrected chi connectivity index (χ4v) is 2.17. The number of nitrogens with two attached hydrogens (primary N) is 1. The van der Waals surface area contributed by atoms with E-state index in [-0.39, 0.29) is 18.4 Å². The van der Waals surface area contributed by atoms with Gasteiger partial charge in [0.15, 0.2) is 0 Å². The van der Waals surface area contributed by atoms with Crippen LogP contribution in [0.4, 0.5) is 4.79 Å². The van der Waals surface area contributed by atoms with Gasteiger partial charge in [-0.2, -0.15) is 5.10 Å². The molecule has 1 aromatic heterocycles. The van der Waals surface area contributed by atoms with Crippen molar-refractivity contribution in [3.8, 4) is 5.69 Å². The molecule has 23 heavy (non-hydrogen) atoms. The van der Waals surface area contributed by atoms with Gasteiger partial charge >= 0.3 is 6.03 Å². The zero-order valence-corrected chi connectivity index (χ0v) is 13.1. The quantitative estimate of drug-likeness (QED) is 0.821. The van der Waals surface area contributed by atoms with Crippen LogP contribution < -0.4 is 11.1 Å². The van der Waals surface area contributed by atoms with Crippen molar-refractivity contribution in [1.82, 2.24) is 25.0 Å². The molecule has 8 nitrogen and oxygen atoms in total. The highest BCUT2D eigenvalue weighted by Crippen LogP contribution is 2.20. The van der Waals surface area contributed by atoms with Crippen LogP contribution in [0.25, 0.3) is 5.69 Å². The largest absolute Gasteiger partial charge is 0.351 e. The molecule has 0 fully saturated rings. The van der Waals surface area contributed by atoms with Gasteiger partial charge in [-0.3, -0.25) is 15.0 Å². The van der Waals surface area contributed by atoms with Crippen molar-refractivity contribution in [2.45, 2.75) is 19.4 Å². The Balaban J connectivity index is 1.92. The second kappa shape index (κ2) is 7.50. The maximum Gasteiger partial charge on any atom is 0.318 e. The van der Waals surface area contributed by atoms with Crippen molar-refractivity contribution in [3.05, 3.63) is 42.5 Å². The molecule has 3 amide bonds. The predicted octanol–water partition coefficient (Wildman–Crippen LogP) is 0.845. The van der Waals surface area contributed by atoms with Gasteiger partial charge < -0.3 is 5.73 Å². The molecular weight excluding hydrogens is 296 g/mol. The third kappa shape index (κ3) is 4.62. The monoisotopic (exact) mass is 316 g/mol. The summed E-state index contributed by atoms with van der Waals surface area (Å²) in [6.07, 6.45) is 3.34. The first kappa shape index (κ1) is 16.6. The number of nitrogens with one attached hydrogen (secondary N) is 1. The number of carbonyl (C=O) groups is 2. The van der Waals surface area contributed by atoms with E-state index < -0.39 is 6.03 Å². The molecule has 0 aliphatic heterocycles. The number of benzene rings is 1. The Bertz CT molecular complexity index is 653. The SMILES string of the molecule is C[C@H](c1ccc(-n2cncn2)cc1)N(C)CCC(=O)NC(N)=O. The lowest BCUT2D eigenvalue weighted by Crippen LogP contribution is -2.37. The highest BCUT2D eigenvalue weighted by Gasteiger charge is 2.13. The molecule has 0 unspecified atom stereocenters. The molecule has 0 saturated carbocycles. The molecule has 2 aromatic rings. The third-order valence-corrected chi connectivity index (χ3v) is 3.67. The van der Waals surface area contributed by atoms with E-state index in [4.69, 9.17) is 5.73 Å². The summed E-state index contributed by atoms with van der Waals surface area (Å²) in [4.78, 5) is 28.0. The van der Waals surface area contributed by atoms with Gasteiger partial charge in [0.1, 0.15) is 12.7 Å². The zero-order valence-electron chi connectivity index (χ0n) is 13.1. The van der Waals surface area contributed by atoms with Gasteiger partial charge in [-0.1, -0.05) is 12.1 Å². The fourth-order valence-electron chi connectivity index (χ4n) is 2.17. The van der Waals surface area contributed by atoms with E-state index in [9.17, 15) is 9.59 Å². The van der Waals surface area contributed by atoms with Gasteiger partial charge in [0, 0.05) is 19.0 Å². The van der Waals surface area contributed by atoms with Crippen molar-refractivity contribution >= 4 is 11.9 Å². The van der Waals surface area contributed by atoms with E-state index in [1.165, 1.54) is 6.33 Å². The van der Waals surface area contributed by atoms with E-state index in [1.54, 1.807) is 11.0 Å². The Labute approximate surface area is 134 Å². The summed E-state index contributed by atoms with van der Waals surface area (Å²) < 4.78 is 1.69. The molecular formula is C15H20N6O2. The van der Waals surface area contributed by atoms with Crippen LogP contribution in [0.3, 0.4) is 0 Å². The smallest absolute Gasteiger partial charge is 0.318 e. The fraction of sp³-hybridized carbons (Fsp3) is 0.333. The minimum absolute atomic E-state index is 0.126. The first-order chi connectivity index (χ1) is 11.0. The van der Waals surface area contributed by atoms with Gasteiger partial charge in [0.2, 0.25) is 5.91 Å². The van der Waals surface area contributed by atoms with E-state index in [1.807, 2.05) is 36.2 Å². The van der Waals surface area contributed by atoms with Crippen LogP contribution in [0.15, 0.2) is 36.9 Å². The van der Waals surface area contributed by atoms with Gasteiger partial charge in [-0.25, -0.2) is 14.5 Å². The summed E-state index contributed by atoms with van der Waals surface area (Å²) in [5.74, 6) is -0.377. The number of hydrogen-bond acceptors (Lipinski definition) is 5. The van der Waals surface area contributed by atoms with Crippen molar-refractivity contribution in [1.29, 1.82) is 0 Å². The molecule has 0 aliphatic rings. The predicted molar refractivity (Wildman–Crippen MR) is 84.7 cm³/mol. The van der Waals surface area contributed by atoms with Crippen LogP contribution in [0.1, 0.15) is 24.9 Å². The number of amides is 3. The van der Waals surface area contributed by atoms with Crippen molar-refractivity contribution in [3.63, 3.8) is 0 Å². The first-order valence-corrected chi connectivity index (χ1v) is 7.22. The summed E-state index contributed by atoms with van der Waals surface area (Å²) in [7, 11) is 1.92. The average Bonchev–Trinajstić information content (AvgIpc) is 3.06. The normalized spacial score (nSPS) is 12.1. The van der Waals surface area contributed by atoms with E-state index in [2.05, 4.69) is 22.3 Å². The summed E-state index contributed by atoms with van der Waals surface area (Å²) in [5, 5.41) is 6.14. The van der Waals surface area contributed by atoms with Gasteiger partial charge in [-0.05, 0) is 31.7 Å². The first-order valence-electron chi connectivity index (χ1n) is 7.22. The molecule has 1 heterocycles. The molecule has 0 radical (unpaired) electrons. The molecule has 0 aliphatic carbocycles. The Kier molecular flexibility index (Phi) is 5.42. The second-order valence-electron chi connectivity index (χ2n) is 5.25. The maximum atomic E-state index is 11.4. The molecule has 122 valence electrons. The molecule has 0 bridgehead atoms. The molecule has 0 spiro atoms. The molecule has 2 rings (SSSR count). The lowest BCUT2D eigenvalue weighted by molar-refractivity contribution is -0.120. The Morgan fingerprint density at radius 2 is 2.04 bits per heavy atom. The number of rotatable bonds is 6. The summed E-state index contributed by atoms with van der Waals surface area (Å²) in [5.41, 5.74) is 6.96. The van der Waals surface area contributed by atoms with Crippen LogP contribution in [0.5, 0.6) is 0 Å². The van der Waals surface area contributed by atoms with Gasteiger partial charge in [0.25, 0.3) is 0 Å². The number of nitrogens with zero attached hydrogens (tertiary/aromatic N) is 4. The van der Waals surface area contributed by atoms with Crippen molar-refractivity contribution in [2.75, 3.05) is 13.6 Å². The van der Waals surface area contributed by atoms with Crippen LogP contribution >= 0.6 is 0 Å². The zero-order chi connectivity index (χ0) is 16.8. The van der Waals surface area contributed by atoms with Gasteiger partial charge in [0.05, 0.1) is 5.69 Å². The Hall–Kier alpha value is -2.74. The lowest BCUT2D eigenvalue weighted by Gasteiger charge is -2.24. The van der Waals surface area contributed by atoms with Gasteiger partial charge in [-0.15, -0.1) is 0 Å². The third-order valence-electron chi connectivity index (χ3n) is 3.67. The summed E-state index contributed by atoms with van der Waals surface area (Å²) >= 11 is 0. The van der Waals surface area contributed by atoms with Crippen LogP contribution in [-0.2, 0) is 4.79 Å². The summed E-state index contributed by atoms with van der Waals surface area (Å²) in [6.45, 7) is 2.57. The maximum absolute atomic E-state index is 11.4. The minimum atomic E-state index is -0.825. The second-order valence-corrected chi connectivity index (χ2v) is 5.25. The molecule has 1 aromatic carbocycles. The number of imide groups is 1. The molecule has 8 heteroatoms. The standard InChI is InChI=1S/C15H20N6O2/c1-11(20(2)8-7-14(22)19-15(16)23)12-3-5-13(6-4-12)21-10-17-9-18-21/h3-6,9-11H,7-8H2,1-2H3,(H3,16,19,22,23)/t11-/m1/s1. The number of hydrogen-bond donors (Lipinski definition) is 2. The Morgan fingerprint density at radius 3 is 2.61 bits per heavy atom. The highest BCUT2D eigenvalue weighted by molar-refractivity contribution is 5.93. The van der Waals surface area contributed by atoms with E-state index in [0.717, 1.165) is 11.3 Å². The van der Waals surface area contributed by atoms with Crippen LogP contribution in [0.2, 0.25) is 0 Å². The highest BCUT2D eigenvalue weighted by atomic mass is 16.2. The number of primary amides is 1. The molecule has 0 saturated heterocycles. The lowest BCUT2D eigenvalue weighted by atomic mass is 10.1. The van der Waals surface area contributed by atoms with E-state index >= 15 is 0 Å². The minimum Gasteiger partial charge on any atom is -0.351 e. The Morgan fingerprint density at radius 1 is 1.35 bits per heavy atom. The topological polar surface area (TPSA) is 106 Å². The molecule has 3 N–H and O–H groups in total. The van der Waals surface area contributed by atoms with Crippen molar-refractivity contribution < 1.29 is 9.59 Å². The van der Waals surface area contributed by atoms with E-state index in [0.29, 0.717) is 6.54 Å². The number of carbonyl (C=O) groups excluding carboxylic acids is 2. The van der Waals surface area contributed by atoms with Crippen molar-refractivity contribution in [2.24, 2.45) is 5.73 Å². The summed E-state index contributed by atoms with van der Waals surface area (Å²) in [6, 6.07) is 7.27. The van der Waals surface area contributed by atoms with Crippen LogP contribution in [0, 0.1) is 0 Å². The number of urea groups is 1. The average molecular weight is 316 g/mol. The molecule has 1 atom stereocenters.